The third-order valence-electron chi connectivity index (χ3n) is 3.43. The Morgan fingerprint density at radius 2 is 1.88 bits per heavy atom. The molecular weight excluding hydrogens is 240 g/mol. The number of nitrogens with zero attached hydrogens (tertiary/aromatic N) is 2. The van der Waals surface area contributed by atoms with Crippen LogP contribution in [0.5, 0.6) is 0 Å². The first-order chi connectivity index (χ1) is 8.09. The monoisotopic (exact) mass is 256 g/mol. The standard InChI is InChI=1S/C12H17ClN2O2/c1-8-9(2)14-11(15-10(8)13)12(16-3)4-6-17-7-5-12/h4-7H2,1-3H3. The first kappa shape index (κ1) is 12.7. The smallest absolute Gasteiger partial charge is 0.162 e. The van der Waals surface area contributed by atoms with E-state index in [1.54, 1.807) is 7.11 Å². The van der Waals surface area contributed by atoms with Gasteiger partial charge in [-0.25, -0.2) is 9.97 Å². The maximum absolute atomic E-state index is 6.12. The zero-order valence-electron chi connectivity index (χ0n) is 10.4. The fourth-order valence-electron chi connectivity index (χ4n) is 2.02. The lowest BCUT2D eigenvalue weighted by atomic mass is 9.93. The lowest BCUT2D eigenvalue weighted by molar-refractivity contribution is -0.100. The summed E-state index contributed by atoms with van der Waals surface area (Å²) in [7, 11) is 1.69. The van der Waals surface area contributed by atoms with Gasteiger partial charge in [0.1, 0.15) is 10.8 Å². The summed E-state index contributed by atoms with van der Waals surface area (Å²) in [6.45, 7) is 5.20. The van der Waals surface area contributed by atoms with Crippen molar-refractivity contribution in [1.29, 1.82) is 0 Å². The number of aromatic nitrogens is 2. The summed E-state index contributed by atoms with van der Waals surface area (Å²) in [4.78, 5) is 8.90. The van der Waals surface area contributed by atoms with Crippen LogP contribution in [-0.4, -0.2) is 30.3 Å². The first-order valence-electron chi connectivity index (χ1n) is 5.73. The summed E-state index contributed by atoms with van der Waals surface area (Å²) in [5.41, 5.74) is 1.39. The van der Waals surface area contributed by atoms with Crippen molar-refractivity contribution in [3.8, 4) is 0 Å². The molecule has 2 rings (SSSR count). The summed E-state index contributed by atoms with van der Waals surface area (Å²) >= 11 is 6.12. The fourth-order valence-corrected chi connectivity index (χ4v) is 2.23. The van der Waals surface area contributed by atoms with Crippen LogP contribution >= 0.6 is 11.6 Å². The highest BCUT2D eigenvalue weighted by atomic mass is 35.5. The Hall–Kier alpha value is -0.710. The number of rotatable bonds is 2. The average Bonchev–Trinajstić information content (AvgIpc) is 2.36. The van der Waals surface area contributed by atoms with Crippen LogP contribution < -0.4 is 0 Å². The van der Waals surface area contributed by atoms with Crippen LogP contribution in [-0.2, 0) is 15.1 Å². The van der Waals surface area contributed by atoms with Crippen LogP contribution in [0.2, 0.25) is 5.15 Å². The van der Waals surface area contributed by atoms with Crippen LogP contribution in [0.4, 0.5) is 0 Å². The molecule has 5 heteroatoms. The van der Waals surface area contributed by atoms with Gasteiger partial charge in [-0.1, -0.05) is 11.6 Å². The molecule has 1 fully saturated rings. The van der Waals surface area contributed by atoms with Gasteiger partial charge in [0, 0.05) is 44.4 Å². The van der Waals surface area contributed by atoms with Gasteiger partial charge in [0.05, 0.1) is 0 Å². The molecule has 0 aliphatic carbocycles. The zero-order valence-corrected chi connectivity index (χ0v) is 11.2. The van der Waals surface area contributed by atoms with E-state index in [-0.39, 0.29) is 0 Å². The zero-order chi connectivity index (χ0) is 12.5. The van der Waals surface area contributed by atoms with Gasteiger partial charge in [-0.05, 0) is 13.8 Å². The van der Waals surface area contributed by atoms with Gasteiger partial charge in [0.2, 0.25) is 0 Å². The van der Waals surface area contributed by atoms with Gasteiger partial charge in [-0.3, -0.25) is 0 Å². The van der Waals surface area contributed by atoms with Gasteiger partial charge < -0.3 is 9.47 Å². The fraction of sp³-hybridized carbons (Fsp3) is 0.667. The Bertz CT molecular complexity index is 394. The van der Waals surface area contributed by atoms with Gasteiger partial charge >= 0.3 is 0 Å². The van der Waals surface area contributed by atoms with Gasteiger partial charge in [0.25, 0.3) is 0 Å². The van der Waals surface area contributed by atoms with Crippen molar-refractivity contribution in [1.82, 2.24) is 9.97 Å². The molecule has 1 aliphatic rings. The Morgan fingerprint density at radius 1 is 1.24 bits per heavy atom. The maximum Gasteiger partial charge on any atom is 0.162 e. The maximum atomic E-state index is 6.12. The number of ether oxygens (including phenoxy) is 2. The van der Waals surface area contributed by atoms with E-state index in [0.29, 0.717) is 24.2 Å². The van der Waals surface area contributed by atoms with E-state index in [1.807, 2.05) is 13.8 Å². The predicted molar refractivity (Wildman–Crippen MR) is 65.3 cm³/mol. The quantitative estimate of drug-likeness (QED) is 0.763. The van der Waals surface area contributed by atoms with Crippen LogP contribution in [0, 0.1) is 13.8 Å². The topological polar surface area (TPSA) is 44.2 Å². The van der Waals surface area contributed by atoms with Crippen LogP contribution in [0.25, 0.3) is 0 Å². The van der Waals surface area contributed by atoms with Crippen LogP contribution in [0.3, 0.4) is 0 Å². The molecule has 1 aliphatic heterocycles. The van der Waals surface area contributed by atoms with E-state index in [2.05, 4.69) is 9.97 Å². The van der Waals surface area contributed by atoms with Crippen molar-refractivity contribution in [3.63, 3.8) is 0 Å². The number of hydrogen-bond donors (Lipinski definition) is 0. The highest BCUT2D eigenvalue weighted by Crippen LogP contribution is 2.34. The highest BCUT2D eigenvalue weighted by molar-refractivity contribution is 6.30. The molecule has 0 radical (unpaired) electrons. The molecule has 94 valence electrons. The molecule has 0 spiro atoms. The first-order valence-corrected chi connectivity index (χ1v) is 6.11. The minimum atomic E-state index is -0.444. The summed E-state index contributed by atoms with van der Waals surface area (Å²) in [5.74, 6) is 0.677. The molecule has 0 atom stereocenters. The molecule has 0 N–H and O–H groups in total. The molecule has 17 heavy (non-hydrogen) atoms. The molecule has 4 nitrogen and oxygen atoms in total. The number of methoxy groups -OCH3 is 1. The van der Waals surface area contributed by atoms with Crippen molar-refractivity contribution in [2.24, 2.45) is 0 Å². The van der Waals surface area contributed by atoms with E-state index in [9.17, 15) is 0 Å². The van der Waals surface area contributed by atoms with Gasteiger partial charge in [0.15, 0.2) is 5.82 Å². The molecule has 1 aromatic rings. The van der Waals surface area contributed by atoms with Crippen molar-refractivity contribution >= 4 is 11.6 Å². The lowest BCUT2D eigenvalue weighted by Gasteiger charge is -2.34. The van der Waals surface area contributed by atoms with Gasteiger partial charge in [-0.15, -0.1) is 0 Å². The Kier molecular flexibility index (Phi) is 3.66. The largest absolute Gasteiger partial charge is 0.381 e. The minimum Gasteiger partial charge on any atom is -0.381 e. The van der Waals surface area contributed by atoms with Crippen LogP contribution in [0.1, 0.15) is 29.9 Å². The van der Waals surface area contributed by atoms with Gasteiger partial charge in [-0.2, -0.15) is 0 Å². The van der Waals surface area contributed by atoms with Crippen LogP contribution in [0.15, 0.2) is 0 Å². The van der Waals surface area contributed by atoms with E-state index in [0.717, 1.165) is 24.1 Å². The second kappa shape index (κ2) is 4.88. The molecule has 0 aromatic carbocycles. The molecule has 0 saturated carbocycles. The predicted octanol–water partition coefficient (Wildman–Crippen LogP) is 2.40. The molecule has 1 aromatic heterocycles. The van der Waals surface area contributed by atoms with Crippen molar-refractivity contribution in [2.45, 2.75) is 32.3 Å². The minimum absolute atomic E-state index is 0.444. The second-order valence-corrected chi connectivity index (χ2v) is 4.72. The number of aryl methyl sites for hydroxylation is 1. The van der Waals surface area contributed by atoms with Crippen molar-refractivity contribution < 1.29 is 9.47 Å². The molecule has 1 saturated heterocycles. The molecule has 0 unspecified atom stereocenters. The van der Waals surface area contributed by atoms with Crippen molar-refractivity contribution in [2.75, 3.05) is 20.3 Å². The third kappa shape index (κ3) is 2.30. The average molecular weight is 257 g/mol. The molecule has 2 heterocycles. The summed E-state index contributed by atoms with van der Waals surface area (Å²) in [6, 6.07) is 0. The molecule has 0 amide bonds. The third-order valence-corrected chi connectivity index (χ3v) is 3.80. The number of hydrogen-bond acceptors (Lipinski definition) is 4. The number of halogens is 1. The second-order valence-electron chi connectivity index (χ2n) is 4.36. The van der Waals surface area contributed by atoms with Crippen molar-refractivity contribution in [3.05, 3.63) is 22.2 Å². The highest BCUT2D eigenvalue weighted by Gasteiger charge is 2.37. The normalized spacial score (nSPS) is 19.3. The van der Waals surface area contributed by atoms with E-state index in [1.165, 1.54) is 0 Å². The van der Waals surface area contributed by atoms with E-state index in [4.69, 9.17) is 21.1 Å². The van der Waals surface area contributed by atoms with E-state index < -0.39 is 5.60 Å². The SMILES string of the molecule is COC1(c2nc(C)c(C)c(Cl)n2)CCOCC1. The lowest BCUT2D eigenvalue weighted by Crippen LogP contribution is -2.37. The summed E-state index contributed by atoms with van der Waals surface area (Å²) in [6.07, 6.45) is 1.53. The molecular formula is C12H17ClN2O2. The summed E-state index contributed by atoms with van der Waals surface area (Å²) in [5, 5.41) is 0.510. The Balaban J connectivity index is 2.43. The molecule has 0 bridgehead atoms. The Morgan fingerprint density at radius 3 is 2.41 bits per heavy atom. The summed E-state index contributed by atoms with van der Waals surface area (Å²) < 4.78 is 11.0. The van der Waals surface area contributed by atoms with E-state index >= 15 is 0 Å². The Labute approximate surface area is 106 Å².